The van der Waals surface area contributed by atoms with Crippen LogP contribution < -0.4 is 0 Å². The van der Waals surface area contributed by atoms with E-state index in [2.05, 4.69) is 11.9 Å². The quantitative estimate of drug-likeness (QED) is 0.830. The maximum Gasteiger partial charge on any atom is 0.258 e. The van der Waals surface area contributed by atoms with Crippen molar-refractivity contribution in [3.05, 3.63) is 23.1 Å². The highest BCUT2D eigenvalue weighted by atomic mass is 35.5. The fraction of sp³-hybridized carbons (Fsp3) is 0.583. The van der Waals surface area contributed by atoms with E-state index in [1.807, 2.05) is 7.05 Å². The third-order valence-corrected chi connectivity index (χ3v) is 3.51. The molecule has 17 heavy (non-hydrogen) atoms. The molecule has 1 amide bonds. The predicted molar refractivity (Wildman–Crippen MR) is 66.3 cm³/mol. The Labute approximate surface area is 106 Å². The molecule has 4 nitrogen and oxygen atoms in total. The van der Waals surface area contributed by atoms with Crippen molar-refractivity contribution in [1.29, 1.82) is 0 Å². The van der Waals surface area contributed by atoms with E-state index in [4.69, 9.17) is 16.0 Å². The number of hydrogen-bond donors (Lipinski definition) is 0. The number of furan rings is 1. The predicted octanol–water partition coefficient (Wildman–Crippen LogP) is 1.96. The van der Waals surface area contributed by atoms with Gasteiger partial charge in [0.1, 0.15) is 0 Å². The van der Waals surface area contributed by atoms with E-state index in [-0.39, 0.29) is 11.1 Å². The Bertz CT molecular complexity index is 405. The van der Waals surface area contributed by atoms with Gasteiger partial charge in [0, 0.05) is 20.1 Å². The monoisotopic (exact) mass is 256 g/mol. The molecule has 1 fully saturated rings. The Kier molecular flexibility index (Phi) is 3.74. The van der Waals surface area contributed by atoms with Gasteiger partial charge in [0.2, 0.25) is 5.22 Å². The third-order valence-electron chi connectivity index (χ3n) is 3.22. The van der Waals surface area contributed by atoms with Crippen LogP contribution in [0.15, 0.2) is 16.7 Å². The second-order valence-corrected chi connectivity index (χ2v) is 5.05. The lowest BCUT2D eigenvalue weighted by Crippen LogP contribution is -2.32. The highest BCUT2D eigenvalue weighted by Crippen LogP contribution is 2.20. The van der Waals surface area contributed by atoms with Crippen LogP contribution in [0.2, 0.25) is 5.22 Å². The Balaban J connectivity index is 1.94. The zero-order valence-corrected chi connectivity index (χ0v) is 10.9. The van der Waals surface area contributed by atoms with E-state index in [9.17, 15) is 4.79 Å². The van der Waals surface area contributed by atoms with Crippen LogP contribution in [-0.2, 0) is 0 Å². The molecule has 94 valence electrons. The Hall–Kier alpha value is -1.00. The van der Waals surface area contributed by atoms with Crippen LogP contribution in [0.25, 0.3) is 0 Å². The van der Waals surface area contributed by atoms with Crippen LogP contribution in [0.3, 0.4) is 0 Å². The molecule has 0 saturated carbocycles. The topological polar surface area (TPSA) is 36.7 Å². The van der Waals surface area contributed by atoms with Crippen molar-refractivity contribution in [2.75, 3.05) is 33.7 Å². The molecule has 0 radical (unpaired) electrons. The molecule has 0 N–H and O–H groups in total. The molecule has 5 heteroatoms. The number of rotatable bonds is 3. The maximum atomic E-state index is 12.1. The molecule has 1 aromatic heterocycles. The average molecular weight is 257 g/mol. The summed E-state index contributed by atoms with van der Waals surface area (Å²) in [5.74, 6) is 0.484. The summed E-state index contributed by atoms with van der Waals surface area (Å²) in [6.45, 7) is 2.93. The molecule has 0 bridgehead atoms. The number of hydrogen-bond acceptors (Lipinski definition) is 3. The maximum absolute atomic E-state index is 12.1. The summed E-state index contributed by atoms with van der Waals surface area (Å²) >= 11 is 5.80. The Morgan fingerprint density at radius 3 is 3.00 bits per heavy atom. The largest absolute Gasteiger partial charge is 0.452 e. The van der Waals surface area contributed by atoms with Crippen molar-refractivity contribution < 1.29 is 9.21 Å². The van der Waals surface area contributed by atoms with Gasteiger partial charge >= 0.3 is 0 Å². The molecule has 1 aromatic rings. The van der Waals surface area contributed by atoms with Crippen LogP contribution in [0.1, 0.15) is 16.8 Å². The lowest BCUT2D eigenvalue weighted by atomic mass is 10.1. The normalized spacial score (nSPS) is 20.8. The molecule has 0 aliphatic carbocycles. The van der Waals surface area contributed by atoms with E-state index in [0.29, 0.717) is 11.5 Å². The van der Waals surface area contributed by atoms with E-state index in [0.717, 1.165) is 26.1 Å². The second-order valence-electron chi connectivity index (χ2n) is 4.71. The summed E-state index contributed by atoms with van der Waals surface area (Å²) in [6, 6.07) is 1.61. The van der Waals surface area contributed by atoms with Crippen molar-refractivity contribution in [2.24, 2.45) is 5.92 Å². The van der Waals surface area contributed by atoms with E-state index < -0.39 is 0 Å². The molecule has 1 saturated heterocycles. The number of nitrogens with zero attached hydrogens (tertiary/aromatic N) is 2. The summed E-state index contributed by atoms with van der Waals surface area (Å²) in [4.78, 5) is 16.1. The van der Waals surface area contributed by atoms with Crippen LogP contribution in [0, 0.1) is 5.92 Å². The van der Waals surface area contributed by atoms with Gasteiger partial charge in [-0.25, -0.2) is 0 Å². The summed E-state index contributed by atoms with van der Waals surface area (Å²) in [7, 11) is 3.92. The van der Waals surface area contributed by atoms with Crippen molar-refractivity contribution in [3.8, 4) is 0 Å². The second kappa shape index (κ2) is 5.10. The van der Waals surface area contributed by atoms with Crippen molar-refractivity contribution in [1.82, 2.24) is 9.80 Å². The SMILES string of the molecule is CN1CCC(CN(C)C(=O)c2ccoc2Cl)C1. The zero-order valence-electron chi connectivity index (χ0n) is 10.1. The van der Waals surface area contributed by atoms with Gasteiger partial charge in [-0.1, -0.05) is 0 Å². The van der Waals surface area contributed by atoms with Crippen LogP contribution in [0.4, 0.5) is 0 Å². The summed E-state index contributed by atoms with van der Waals surface area (Å²) < 4.78 is 4.93. The molecule has 0 aromatic carbocycles. The smallest absolute Gasteiger partial charge is 0.258 e. The van der Waals surface area contributed by atoms with Crippen LogP contribution in [0.5, 0.6) is 0 Å². The lowest BCUT2D eigenvalue weighted by molar-refractivity contribution is 0.0773. The number of likely N-dealkylation sites (tertiary alicyclic amines) is 1. The molecule has 2 heterocycles. The molecule has 1 aliphatic rings. The van der Waals surface area contributed by atoms with Crippen molar-refractivity contribution in [3.63, 3.8) is 0 Å². The van der Waals surface area contributed by atoms with E-state index >= 15 is 0 Å². The summed E-state index contributed by atoms with van der Waals surface area (Å²) in [5.41, 5.74) is 0.445. The molecule has 0 spiro atoms. The number of amides is 1. The molecule has 1 atom stereocenters. The third kappa shape index (κ3) is 2.82. The van der Waals surface area contributed by atoms with Gasteiger partial charge in [-0.05, 0) is 43.6 Å². The molecule has 1 unspecified atom stereocenters. The minimum absolute atomic E-state index is 0.0710. The van der Waals surface area contributed by atoms with Gasteiger partial charge in [-0.15, -0.1) is 0 Å². The molecular formula is C12H17ClN2O2. The van der Waals surface area contributed by atoms with Gasteiger partial charge in [0.15, 0.2) is 0 Å². The van der Waals surface area contributed by atoms with Crippen molar-refractivity contribution in [2.45, 2.75) is 6.42 Å². The lowest BCUT2D eigenvalue weighted by Gasteiger charge is -2.20. The minimum Gasteiger partial charge on any atom is -0.452 e. The van der Waals surface area contributed by atoms with Gasteiger partial charge in [-0.3, -0.25) is 4.79 Å². The molecule has 2 rings (SSSR count). The first-order valence-electron chi connectivity index (χ1n) is 5.75. The van der Waals surface area contributed by atoms with Gasteiger partial charge in [0.25, 0.3) is 5.91 Å². The standard InChI is InChI=1S/C12H17ClN2O2/c1-14-5-3-9(7-14)8-15(2)12(16)10-4-6-17-11(10)13/h4,6,9H,3,5,7-8H2,1-2H3. The zero-order chi connectivity index (χ0) is 12.4. The highest BCUT2D eigenvalue weighted by molar-refractivity contribution is 6.32. The molecular weight excluding hydrogens is 240 g/mol. The number of halogens is 1. The summed E-state index contributed by atoms with van der Waals surface area (Å²) in [5, 5.41) is 0.172. The molecule has 1 aliphatic heterocycles. The fourth-order valence-electron chi connectivity index (χ4n) is 2.30. The number of carbonyl (C=O) groups is 1. The van der Waals surface area contributed by atoms with Crippen LogP contribution in [-0.4, -0.2) is 49.4 Å². The van der Waals surface area contributed by atoms with E-state index in [1.54, 1.807) is 11.0 Å². The minimum atomic E-state index is -0.0710. The fourth-order valence-corrected chi connectivity index (χ4v) is 2.49. The first-order chi connectivity index (χ1) is 8.08. The van der Waals surface area contributed by atoms with Crippen LogP contribution >= 0.6 is 11.6 Å². The van der Waals surface area contributed by atoms with Gasteiger partial charge in [-0.2, -0.15) is 0 Å². The first-order valence-corrected chi connectivity index (χ1v) is 6.12. The van der Waals surface area contributed by atoms with Gasteiger partial charge in [0.05, 0.1) is 11.8 Å². The van der Waals surface area contributed by atoms with E-state index in [1.165, 1.54) is 6.26 Å². The average Bonchev–Trinajstić information content (AvgIpc) is 2.86. The Morgan fingerprint density at radius 2 is 2.47 bits per heavy atom. The number of carbonyl (C=O) groups excluding carboxylic acids is 1. The first kappa shape index (κ1) is 12.5. The van der Waals surface area contributed by atoms with Gasteiger partial charge < -0.3 is 14.2 Å². The van der Waals surface area contributed by atoms with Crippen molar-refractivity contribution >= 4 is 17.5 Å². The Morgan fingerprint density at radius 1 is 1.71 bits per heavy atom. The highest BCUT2D eigenvalue weighted by Gasteiger charge is 2.24. The summed E-state index contributed by atoms with van der Waals surface area (Å²) in [6.07, 6.45) is 2.58.